The average Bonchev–Trinajstić information content (AvgIpc) is 3.74. The van der Waals surface area contributed by atoms with Crippen LogP contribution in [0.1, 0.15) is 0 Å². The minimum atomic E-state index is -0.166. The lowest BCUT2D eigenvalue weighted by atomic mass is 10.0. The fourth-order valence-corrected chi connectivity index (χ4v) is 5.53. The van der Waals surface area contributed by atoms with Crippen LogP contribution in [0, 0.1) is 0 Å². The number of tetrazole rings is 2. The Kier molecular flexibility index (Phi) is 8.99. The highest BCUT2D eigenvalue weighted by Crippen LogP contribution is 2.25. The lowest BCUT2D eigenvalue weighted by Gasteiger charge is -2.09. The number of nitrogens with one attached hydrogen (secondary N) is 2. The fourth-order valence-electron chi connectivity index (χ4n) is 4.15. The van der Waals surface area contributed by atoms with E-state index < -0.39 is 0 Å². The molecule has 14 heteroatoms. The van der Waals surface area contributed by atoms with Crippen molar-refractivity contribution in [3.63, 3.8) is 0 Å². The van der Waals surface area contributed by atoms with E-state index in [1.807, 2.05) is 109 Å². The van der Waals surface area contributed by atoms with Crippen molar-refractivity contribution < 1.29 is 9.59 Å². The van der Waals surface area contributed by atoms with Gasteiger partial charge in [0.2, 0.25) is 22.1 Å². The molecule has 0 bridgehead atoms. The minimum absolute atomic E-state index is 0.157. The van der Waals surface area contributed by atoms with Crippen molar-refractivity contribution in [2.24, 2.45) is 0 Å². The number of benzene rings is 4. The molecule has 2 amide bonds. The molecule has 12 nitrogen and oxygen atoms in total. The SMILES string of the molecule is O=C(CSc1nnnn1-c1ccccc1)Nc1ccc(-c2ccc(NC(=O)CSc3nnnn3-c3ccccc3)cc2)cc1. The Bertz CT molecular complexity index is 1710. The molecular weight excluding hydrogens is 597 g/mol. The van der Waals surface area contributed by atoms with Gasteiger partial charge in [-0.05, 0) is 80.5 Å². The van der Waals surface area contributed by atoms with Crippen molar-refractivity contribution in [1.82, 2.24) is 40.4 Å². The number of para-hydroxylation sites is 2. The predicted octanol–water partition coefficient (Wildman–Crippen LogP) is 4.77. The molecule has 2 N–H and O–H groups in total. The van der Waals surface area contributed by atoms with Crippen molar-refractivity contribution >= 4 is 46.7 Å². The second-order valence-corrected chi connectivity index (χ2v) is 11.1. The Morgan fingerprint density at radius 3 is 1.32 bits per heavy atom. The van der Waals surface area contributed by atoms with Crippen LogP contribution in [0.15, 0.2) is 120 Å². The molecule has 0 aliphatic heterocycles. The summed E-state index contributed by atoms with van der Waals surface area (Å²) in [7, 11) is 0. The lowest BCUT2D eigenvalue weighted by Crippen LogP contribution is -2.14. The fraction of sp³-hybridized carbons (Fsp3) is 0.0667. The van der Waals surface area contributed by atoms with Crippen LogP contribution in [-0.2, 0) is 9.59 Å². The molecule has 0 aliphatic carbocycles. The Hall–Kier alpha value is -5.34. The van der Waals surface area contributed by atoms with Gasteiger partial charge in [-0.25, -0.2) is 0 Å². The van der Waals surface area contributed by atoms with Gasteiger partial charge in [0.15, 0.2) is 0 Å². The van der Waals surface area contributed by atoms with E-state index in [-0.39, 0.29) is 23.3 Å². The summed E-state index contributed by atoms with van der Waals surface area (Å²) in [4.78, 5) is 25.1. The molecule has 6 rings (SSSR count). The highest BCUT2D eigenvalue weighted by atomic mass is 32.2. The number of carbonyl (C=O) groups is 2. The van der Waals surface area contributed by atoms with Crippen LogP contribution >= 0.6 is 23.5 Å². The molecule has 44 heavy (non-hydrogen) atoms. The Balaban J connectivity index is 0.983. The third-order valence-electron chi connectivity index (χ3n) is 6.22. The number of nitrogens with zero attached hydrogens (tertiary/aromatic N) is 8. The van der Waals surface area contributed by atoms with E-state index in [4.69, 9.17) is 0 Å². The number of amides is 2. The third-order valence-corrected chi connectivity index (χ3v) is 8.06. The molecule has 2 heterocycles. The molecular formula is C30H24N10O2S2. The molecule has 0 aliphatic rings. The number of aromatic nitrogens is 8. The first-order valence-electron chi connectivity index (χ1n) is 13.4. The summed E-state index contributed by atoms with van der Waals surface area (Å²) in [5.74, 6) is -0.0181. The molecule has 0 saturated heterocycles. The third kappa shape index (κ3) is 7.17. The minimum Gasteiger partial charge on any atom is -0.325 e. The van der Waals surface area contributed by atoms with Crippen molar-refractivity contribution in [3.8, 4) is 22.5 Å². The van der Waals surface area contributed by atoms with E-state index in [1.54, 1.807) is 9.36 Å². The number of anilines is 2. The van der Waals surface area contributed by atoms with Crippen LogP contribution < -0.4 is 10.6 Å². The largest absolute Gasteiger partial charge is 0.325 e. The number of hydrogen-bond donors (Lipinski definition) is 2. The molecule has 4 aromatic carbocycles. The van der Waals surface area contributed by atoms with Gasteiger partial charge in [0, 0.05) is 11.4 Å². The van der Waals surface area contributed by atoms with Gasteiger partial charge in [0.05, 0.1) is 22.9 Å². The van der Waals surface area contributed by atoms with Gasteiger partial charge in [0.1, 0.15) is 0 Å². The Morgan fingerprint density at radius 2 is 0.932 bits per heavy atom. The number of carbonyl (C=O) groups excluding carboxylic acids is 2. The normalized spacial score (nSPS) is 10.8. The number of hydrogen-bond acceptors (Lipinski definition) is 10. The van der Waals surface area contributed by atoms with Crippen molar-refractivity contribution in [1.29, 1.82) is 0 Å². The smallest absolute Gasteiger partial charge is 0.234 e. The van der Waals surface area contributed by atoms with Crippen LogP contribution in [-0.4, -0.2) is 63.7 Å². The number of rotatable bonds is 11. The summed E-state index contributed by atoms with van der Waals surface area (Å²) in [6.07, 6.45) is 0. The van der Waals surface area contributed by atoms with Gasteiger partial charge >= 0.3 is 0 Å². The maximum atomic E-state index is 12.6. The molecule has 0 atom stereocenters. The highest BCUT2D eigenvalue weighted by Gasteiger charge is 2.13. The van der Waals surface area contributed by atoms with Crippen LogP contribution in [0.3, 0.4) is 0 Å². The van der Waals surface area contributed by atoms with E-state index >= 15 is 0 Å². The lowest BCUT2D eigenvalue weighted by molar-refractivity contribution is -0.114. The van der Waals surface area contributed by atoms with E-state index in [9.17, 15) is 9.59 Å². The van der Waals surface area contributed by atoms with Crippen molar-refractivity contribution in [2.75, 3.05) is 22.1 Å². The Morgan fingerprint density at radius 1 is 0.545 bits per heavy atom. The zero-order valence-electron chi connectivity index (χ0n) is 23.0. The first-order chi connectivity index (χ1) is 21.6. The topological polar surface area (TPSA) is 145 Å². The summed E-state index contributed by atoms with van der Waals surface area (Å²) in [6.45, 7) is 0. The molecule has 0 radical (unpaired) electrons. The first-order valence-corrected chi connectivity index (χ1v) is 15.3. The van der Waals surface area contributed by atoms with Crippen LogP contribution in [0.25, 0.3) is 22.5 Å². The second kappa shape index (κ2) is 13.8. The standard InChI is InChI=1S/C30H24N10O2S2/c41-27(19-43-29-33-35-37-39(29)25-7-3-1-4-8-25)31-23-15-11-21(12-16-23)22-13-17-24(18-14-22)32-28(42)20-44-30-34-36-38-40(30)26-9-5-2-6-10-26/h1-18H,19-20H2,(H,31,41)(H,32,42). The van der Waals surface area contributed by atoms with Crippen molar-refractivity contribution in [2.45, 2.75) is 10.3 Å². The highest BCUT2D eigenvalue weighted by molar-refractivity contribution is 8.00. The molecule has 6 aromatic rings. The van der Waals surface area contributed by atoms with Gasteiger partial charge in [-0.1, -0.05) is 84.2 Å². The van der Waals surface area contributed by atoms with E-state index in [0.29, 0.717) is 21.7 Å². The quantitative estimate of drug-likeness (QED) is 0.194. The van der Waals surface area contributed by atoms with E-state index in [0.717, 1.165) is 22.5 Å². The van der Waals surface area contributed by atoms with Gasteiger partial charge in [-0.2, -0.15) is 9.36 Å². The second-order valence-electron chi connectivity index (χ2n) is 9.25. The van der Waals surface area contributed by atoms with Gasteiger partial charge < -0.3 is 10.6 Å². The Labute approximate surface area is 260 Å². The van der Waals surface area contributed by atoms with E-state index in [2.05, 4.69) is 41.7 Å². The average molecular weight is 621 g/mol. The molecule has 0 fully saturated rings. The molecule has 0 spiro atoms. The van der Waals surface area contributed by atoms with Crippen LogP contribution in [0.5, 0.6) is 0 Å². The van der Waals surface area contributed by atoms with Crippen LogP contribution in [0.2, 0.25) is 0 Å². The van der Waals surface area contributed by atoms with Crippen LogP contribution in [0.4, 0.5) is 11.4 Å². The maximum Gasteiger partial charge on any atom is 0.234 e. The monoisotopic (exact) mass is 620 g/mol. The molecule has 218 valence electrons. The summed E-state index contributed by atoms with van der Waals surface area (Å²) >= 11 is 2.51. The summed E-state index contributed by atoms with van der Waals surface area (Å²) in [5.41, 5.74) is 4.96. The van der Waals surface area contributed by atoms with Gasteiger partial charge in [-0.3, -0.25) is 9.59 Å². The van der Waals surface area contributed by atoms with Gasteiger partial charge in [-0.15, -0.1) is 10.2 Å². The summed E-state index contributed by atoms with van der Waals surface area (Å²) in [6, 6.07) is 34.1. The zero-order valence-corrected chi connectivity index (χ0v) is 24.7. The first kappa shape index (κ1) is 28.8. The molecule has 0 unspecified atom stereocenters. The summed E-state index contributed by atoms with van der Waals surface area (Å²) in [5, 5.41) is 30.4. The number of thioether (sulfide) groups is 2. The molecule has 2 aromatic heterocycles. The predicted molar refractivity (Wildman–Crippen MR) is 169 cm³/mol. The van der Waals surface area contributed by atoms with Gasteiger partial charge in [0.25, 0.3) is 0 Å². The van der Waals surface area contributed by atoms with Crippen molar-refractivity contribution in [3.05, 3.63) is 109 Å². The maximum absolute atomic E-state index is 12.6. The molecule has 0 saturated carbocycles. The summed E-state index contributed by atoms with van der Waals surface area (Å²) < 4.78 is 3.20. The zero-order chi connectivity index (χ0) is 30.1. The van der Waals surface area contributed by atoms with E-state index in [1.165, 1.54) is 23.5 Å².